The summed E-state index contributed by atoms with van der Waals surface area (Å²) >= 11 is 0. The lowest BCUT2D eigenvalue weighted by Crippen LogP contribution is -2.27. The molecule has 2 rings (SSSR count). The van der Waals surface area contributed by atoms with Gasteiger partial charge in [-0.25, -0.2) is 8.42 Å². The molecule has 0 unspecified atom stereocenters. The molecule has 0 bridgehead atoms. The number of anilines is 2. The fourth-order valence-electron chi connectivity index (χ4n) is 2.88. The van der Waals surface area contributed by atoms with Crippen molar-refractivity contribution in [1.82, 2.24) is 5.32 Å². The third kappa shape index (κ3) is 5.80. The number of para-hydroxylation sites is 1. The van der Waals surface area contributed by atoms with Crippen LogP contribution in [0.3, 0.4) is 0 Å². The maximum Gasteiger partial charge on any atom is 0.256 e. The Hall–Kier alpha value is -2.91. The molecule has 0 saturated carbocycles. The summed E-state index contributed by atoms with van der Waals surface area (Å²) in [5, 5.41) is 5.56. The van der Waals surface area contributed by atoms with Gasteiger partial charge in [0.15, 0.2) is 0 Å². The summed E-state index contributed by atoms with van der Waals surface area (Å²) < 4.78 is 29.8. The Kier molecular flexibility index (Phi) is 7.96. The van der Waals surface area contributed by atoms with Crippen molar-refractivity contribution in [2.24, 2.45) is 0 Å². The molecule has 30 heavy (non-hydrogen) atoms. The highest BCUT2D eigenvalue weighted by atomic mass is 32.2. The number of rotatable bonds is 9. The quantitative estimate of drug-likeness (QED) is 0.591. The largest absolute Gasteiger partial charge is 0.385 e. The van der Waals surface area contributed by atoms with Gasteiger partial charge < -0.3 is 15.4 Å². The Balaban J connectivity index is 2.24. The molecule has 2 aromatic carbocycles. The molecule has 2 amide bonds. The SMILES string of the molecule is COCCCNC(=O)c1ccccc1NC(=O)c1cccc(N(C)S(C)(=O)=O)c1C. The molecule has 0 aromatic heterocycles. The lowest BCUT2D eigenvalue weighted by atomic mass is 10.1. The number of hydrogen-bond donors (Lipinski definition) is 2. The van der Waals surface area contributed by atoms with Gasteiger partial charge in [0.2, 0.25) is 10.0 Å². The van der Waals surface area contributed by atoms with Gasteiger partial charge in [0.25, 0.3) is 11.8 Å². The average Bonchev–Trinajstić information content (AvgIpc) is 2.70. The molecule has 0 spiro atoms. The number of methoxy groups -OCH3 is 1. The Morgan fingerprint density at radius 3 is 2.37 bits per heavy atom. The number of sulfonamides is 1. The summed E-state index contributed by atoms with van der Waals surface area (Å²) in [6, 6.07) is 11.6. The van der Waals surface area contributed by atoms with Crippen LogP contribution in [-0.2, 0) is 14.8 Å². The first-order chi connectivity index (χ1) is 14.2. The van der Waals surface area contributed by atoms with Gasteiger partial charge in [0, 0.05) is 32.9 Å². The van der Waals surface area contributed by atoms with Gasteiger partial charge in [-0.15, -0.1) is 0 Å². The van der Waals surface area contributed by atoms with Gasteiger partial charge in [0.1, 0.15) is 0 Å². The third-order valence-electron chi connectivity index (χ3n) is 4.62. The van der Waals surface area contributed by atoms with Crippen molar-refractivity contribution in [1.29, 1.82) is 0 Å². The van der Waals surface area contributed by atoms with Crippen LogP contribution in [0.4, 0.5) is 11.4 Å². The number of benzene rings is 2. The summed E-state index contributed by atoms with van der Waals surface area (Å²) in [5.74, 6) is -0.736. The van der Waals surface area contributed by atoms with Crippen molar-refractivity contribution in [3.05, 3.63) is 59.2 Å². The minimum absolute atomic E-state index is 0.302. The molecule has 0 aliphatic rings. The van der Waals surface area contributed by atoms with Crippen molar-refractivity contribution >= 4 is 33.2 Å². The zero-order valence-corrected chi connectivity index (χ0v) is 18.4. The predicted octanol–water partition coefficient (Wildman–Crippen LogP) is 2.41. The minimum Gasteiger partial charge on any atom is -0.385 e. The molecule has 9 heteroatoms. The first-order valence-electron chi connectivity index (χ1n) is 9.38. The zero-order valence-electron chi connectivity index (χ0n) is 17.6. The van der Waals surface area contributed by atoms with Gasteiger partial charge in [-0.2, -0.15) is 0 Å². The molecule has 0 atom stereocenters. The monoisotopic (exact) mass is 433 g/mol. The predicted molar refractivity (Wildman–Crippen MR) is 118 cm³/mol. The highest BCUT2D eigenvalue weighted by Gasteiger charge is 2.20. The molecular formula is C21H27N3O5S. The Labute approximate surface area is 177 Å². The van der Waals surface area contributed by atoms with Gasteiger partial charge in [-0.3, -0.25) is 13.9 Å². The van der Waals surface area contributed by atoms with E-state index >= 15 is 0 Å². The molecule has 8 nitrogen and oxygen atoms in total. The fraction of sp³-hybridized carbons (Fsp3) is 0.333. The second kappa shape index (κ2) is 10.2. The Morgan fingerprint density at radius 2 is 1.70 bits per heavy atom. The van der Waals surface area contributed by atoms with Crippen LogP contribution in [0.25, 0.3) is 0 Å². The highest BCUT2D eigenvalue weighted by Crippen LogP contribution is 2.25. The van der Waals surface area contributed by atoms with Gasteiger partial charge >= 0.3 is 0 Å². The molecular weight excluding hydrogens is 406 g/mol. The van der Waals surface area contributed by atoms with Crippen LogP contribution >= 0.6 is 0 Å². The lowest BCUT2D eigenvalue weighted by molar-refractivity contribution is 0.0949. The van der Waals surface area contributed by atoms with E-state index in [4.69, 9.17) is 4.74 Å². The summed E-state index contributed by atoms with van der Waals surface area (Å²) in [5.41, 5.74) is 1.95. The van der Waals surface area contributed by atoms with E-state index < -0.39 is 15.9 Å². The van der Waals surface area contributed by atoms with E-state index in [2.05, 4.69) is 10.6 Å². The summed E-state index contributed by atoms with van der Waals surface area (Å²) in [7, 11) is -0.443. The third-order valence-corrected chi connectivity index (χ3v) is 5.81. The number of nitrogens with zero attached hydrogens (tertiary/aromatic N) is 1. The van der Waals surface area contributed by atoms with E-state index in [9.17, 15) is 18.0 Å². The number of hydrogen-bond acceptors (Lipinski definition) is 5. The lowest BCUT2D eigenvalue weighted by Gasteiger charge is -2.20. The van der Waals surface area contributed by atoms with Crippen molar-refractivity contribution in [3.8, 4) is 0 Å². The van der Waals surface area contributed by atoms with Crippen molar-refractivity contribution in [2.45, 2.75) is 13.3 Å². The number of carbonyl (C=O) groups excluding carboxylic acids is 2. The molecule has 0 aliphatic heterocycles. The second-order valence-electron chi connectivity index (χ2n) is 6.78. The van der Waals surface area contributed by atoms with Crippen LogP contribution in [0.15, 0.2) is 42.5 Å². The van der Waals surface area contributed by atoms with Crippen molar-refractivity contribution in [3.63, 3.8) is 0 Å². The second-order valence-corrected chi connectivity index (χ2v) is 8.80. The van der Waals surface area contributed by atoms with Crippen molar-refractivity contribution in [2.75, 3.05) is 43.2 Å². The van der Waals surface area contributed by atoms with E-state index in [0.29, 0.717) is 47.6 Å². The van der Waals surface area contributed by atoms with E-state index in [1.54, 1.807) is 56.5 Å². The first-order valence-corrected chi connectivity index (χ1v) is 11.2. The van der Waals surface area contributed by atoms with Crippen LogP contribution in [0, 0.1) is 6.92 Å². The summed E-state index contributed by atoms with van der Waals surface area (Å²) in [6.45, 7) is 2.67. The standard InChI is InChI=1S/C21H27N3O5S/c1-15-16(10-7-12-19(15)24(2)30(4,27)28)21(26)23-18-11-6-5-9-17(18)20(25)22-13-8-14-29-3/h5-7,9-12H,8,13-14H2,1-4H3,(H,22,25)(H,23,26). The summed E-state index contributed by atoms with van der Waals surface area (Å²) in [4.78, 5) is 25.4. The zero-order chi connectivity index (χ0) is 22.3. The maximum atomic E-state index is 12.9. The van der Waals surface area contributed by atoms with Crippen LogP contribution in [0.1, 0.15) is 32.7 Å². The minimum atomic E-state index is -3.47. The Morgan fingerprint density at radius 1 is 1.03 bits per heavy atom. The number of carbonyl (C=O) groups is 2. The van der Waals surface area contributed by atoms with E-state index in [1.807, 2.05) is 0 Å². The molecule has 0 radical (unpaired) electrons. The van der Waals surface area contributed by atoms with Crippen LogP contribution < -0.4 is 14.9 Å². The van der Waals surface area contributed by atoms with E-state index in [0.717, 1.165) is 10.6 Å². The molecule has 162 valence electrons. The maximum absolute atomic E-state index is 12.9. The number of nitrogens with one attached hydrogen (secondary N) is 2. The molecule has 0 aliphatic carbocycles. The van der Waals surface area contributed by atoms with Gasteiger partial charge in [-0.1, -0.05) is 18.2 Å². The normalized spacial score (nSPS) is 11.1. The highest BCUT2D eigenvalue weighted by molar-refractivity contribution is 7.92. The van der Waals surface area contributed by atoms with E-state index in [1.165, 1.54) is 7.05 Å². The van der Waals surface area contributed by atoms with Gasteiger partial charge in [-0.05, 0) is 43.2 Å². The van der Waals surface area contributed by atoms with Gasteiger partial charge in [0.05, 0.1) is 23.2 Å². The van der Waals surface area contributed by atoms with Crippen molar-refractivity contribution < 1.29 is 22.7 Å². The fourth-order valence-corrected chi connectivity index (χ4v) is 3.44. The molecule has 2 aromatic rings. The molecule has 0 heterocycles. The number of amides is 2. The Bertz CT molecular complexity index is 1020. The van der Waals surface area contributed by atoms with Crippen LogP contribution in [0.5, 0.6) is 0 Å². The molecule has 0 fully saturated rings. The molecule has 0 saturated heterocycles. The number of ether oxygens (including phenoxy) is 1. The first kappa shape index (κ1) is 23.4. The topological polar surface area (TPSA) is 105 Å². The van der Waals surface area contributed by atoms with Crippen LogP contribution in [-0.4, -0.2) is 53.8 Å². The summed E-state index contributed by atoms with van der Waals surface area (Å²) in [6.07, 6.45) is 1.78. The smallest absolute Gasteiger partial charge is 0.256 e. The average molecular weight is 434 g/mol. The van der Waals surface area contributed by atoms with Crippen LogP contribution in [0.2, 0.25) is 0 Å². The molecule has 2 N–H and O–H groups in total. The van der Waals surface area contributed by atoms with E-state index in [-0.39, 0.29) is 5.91 Å².